The van der Waals surface area contributed by atoms with Gasteiger partial charge in [0.25, 0.3) is 5.91 Å². The number of carbonyl (C=O) groups excluding carboxylic acids is 2. The Kier molecular flexibility index (Phi) is 5.76. The zero-order valence-electron chi connectivity index (χ0n) is 14.5. The lowest BCUT2D eigenvalue weighted by molar-refractivity contribution is -0.128. The van der Waals surface area contributed by atoms with Gasteiger partial charge in [-0.1, -0.05) is 13.8 Å². The Hall–Kier alpha value is -1.89. The lowest BCUT2D eigenvalue weighted by atomic mass is 10.00. The lowest BCUT2D eigenvalue weighted by Crippen LogP contribution is -2.57. The van der Waals surface area contributed by atoms with E-state index in [4.69, 9.17) is 0 Å². The highest BCUT2D eigenvalue weighted by Gasteiger charge is 2.34. The molecular formula is C16H27N5O2. The maximum Gasteiger partial charge on any atom is 0.275 e. The average Bonchev–Trinajstić information content (AvgIpc) is 2.95. The van der Waals surface area contributed by atoms with Crippen molar-refractivity contribution in [3.8, 4) is 0 Å². The van der Waals surface area contributed by atoms with Gasteiger partial charge < -0.3 is 15.1 Å². The van der Waals surface area contributed by atoms with Gasteiger partial charge in [-0.3, -0.25) is 14.3 Å². The van der Waals surface area contributed by atoms with Crippen molar-refractivity contribution in [3.63, 3.8) is 0 Å². The van der Waals surface area contributed by atoms with Gasteiger partial charge in [0.1, 0.15) is 11.7 Å². The molecule has 0 spiro atoms. The third kappa shape index (κ3) is 4.54. The summed E-state index contributed by atoms with van der Waals surface area (Å²) in [6, 6.07) is 1.33. The minimum atomic E-state index is -0.400. The van der Waals surface area contributed by atoms with E-state index in [0.717, 1.165) is 13.1 Å². The predicted molar refractivity (Wildman–Crippen MR) is 88.1 cm³/mol. The van der Waals surface area contributed by atoms with Crippen LogP contribution in [0.15, 0.2) is 12.3 Å². The van der Waals surface area contributed by atoms with Gasteiger partial charge in [0.15, 0.2) is 0 Å². The summed E-state index contributed by atoms with van der Waals surface area (Å²) in [4.78, 5) is 28.6. The molecular weight excluding hydrogens is 294 g/mol. The van der Waals surface area contributed by atoms with Crippen LogP contribution in [0.3, 0.4) is 0 Å². The standard InChI is InChI=1S/C16H27N5O2/c1-12(2)11-14-15(22)17-6-8-21(14)16(23)13-5-7-20(18-13)10-9-19(3)4/h5,7,12,14H,6,8-11H2,1-4H3,(H,17,22)/t14-/m1/s1. The van der Waals surface area contributed by atoms with Crippen LogP contribution in [0.5, 0.6) is 0 Å². The maximum atomic E-state index is 12.7. The van der Waals surface area contributed by atoms with E-state index in [-0.39, 0.29) is 11.8 Å². The molecule has 0 radical (unpaired) electrons. The van der Waals surface area contributed by atoms with Gasteiger partial charge in [0.2, 0.25) is 5.91 Å². The molecule has 1 aromatic rings. The molecule has 1 aliphatic rings. The van der Waals surface area contributed by atoms with E-state index in [1.807, 2.05) is 20.3 Å². The Morgan fingerprint density at radius 1 is 1.48 bits per heavy atom. The second-order valence-electron chi connectivity index (χ2n) is 6.70. The number of likely N-dealkylation sites (N-methyl/N-ethyl adjacent to an activating group) is 1. The molecule has 128 valence electrons. The number of rotatable bonds is 6. The molecule has 1 aromatic heterocycles. The molecule has 7 heteroatoms. The van der Waals surface area contributed by atoms with Crippen LogP contribution in [0.4, 0.5) is 0 Å². The zero-order chi connectivity index (χ0) is 17.0. The molecule has 2 amide bonds. The van der Waals surface area contributed by atoms with Gasteiger partial charge in [-0.15, -0.1) is 0 Å². The minimum absolute atomic E-state index is 0.0645. The molecule has 1 aliphatic heterocycles. The zero-order valence-corrected chi connectivity index (χ0v) is 14.5. The lowest BCUT2D eigenvalue weighted by Gasteiger charge is -2.35. The van der Waals surface area contributed by atoms with Crippen LogP contribution in [0.1, 0.15) is 30.8 Å². The smallest absolute Gasteiger partial charge is 0.275 e. The summed E-state index contributed by atoms with van der Waals surface area (Å²) in [6.45, 7) is 6.74. The molecule has 0 saturated carbocycles. The monoisotopic (exact) mass is 321 g/mol. The van der Waals surface area contributed by atoms with E-state index < -0.39 is 6.04 Å². The quantitative estimate of drug-likeness (QED) is 0.825. The fourth-order valence-electron chi connectivity index (χ4n) is 2.69. The van der Waals surface area contributed by atoms with Crippen LogP contribution in [0.2, 0.25) is 0 Å². The van der Waals surface area contributed by atoms with E-state index in [1.165, 1.54) is 0 Å². The van der Waals surface area contributed by atoms with Crippen molar-refractivity contribution in [1.29, 1.82) is 0 Å². The molecule has 0 bridgehead atoms. The van der Waals surface area contributed by atoms with Crippen molar-refractivity contribution in [2.75, 3.05) is 33.7 Å². The van der Waals surface area contributed by atoms with Crippen molar-refractivity contribution < 1.29 is 9.59 Å². The number of nitrogens with one attached hydrogen (secondary N) is 1. The van der Waals surface area contributed by atoms with E-state index in [0.29, 0.717) is 31.1 Å². The van der Waals surface area contributed by atoms with Gasteiger partial charge in [-0.2, -0.15) is 5.10 Å². The van der Waals surface area contributed by atoms with Crippen molar-refractivity contribution in [1.82, 2.24) is 24.9 Å². The number of nitrogens with zero attached hydrogens (tertiary/aromatic N) is 4. The minimum Gasteiger partial charge on any atom is -0.353 e. The normalized spacial score (nSPS) is 18.6. The summed E-state index contributed by atoms with van der Waals surface area (Å²) in [5.41, 5.74) is 0.409. The second-order valence-corrected chi connectivity index (χ2v) is 6.70. The van der Waals surface area contributed by atoms with Crippen molar-refractivity contribution >= 4 is 11.8 Å². The van der Waals surface area contributed by atoms with E-state index in [9.17, 15) is 9.59 Å². The number of piperazine rings is 1. The summed E-state index contributed by atoms with van der Waals surface area (Å²) in [7, 11) is 4.00. The molecule has 0 unspecified atom stereocenters. The Morgan fingerprint density at radius 2 is 2.22 bits per heavy atom. The van der Waals surface area contributed by atoms with Crippen LogP contribution in [-0.2, 0) is 11.3 Å². The molecule has 1 N–H and O–H groups in total. The second kappa shape index (κ2) is 7.59. The third-order valence-corrected chi connectivity index (χ3v) is 3.92. The number of aromatic nitrogens is 2. The third-order valence-electron chi connectivity index (χ3n) is 3.92. The predicted octanol–water partition coefficient (Wildman–Crippen LogP) is 0.431. The summed E-state index contributed by atoms with van der Waals surface area (Å²) < 4.78 is 1.77. The first-order chi connectivity index (χ1) is 10.9. The fraction of sp³-hybridized carbons (Fsp3) is 0.688. The number of amides is 2. The van der Waals surface area contributed by atoms with E-state index in [1.54, 1.807) is 15.6 Å². The summed E-state index contributed by atoms with van der Waals surface area (Å²) in [5.74, 6) is 0.122. The molecule has 23 heavy (non-hydrogen) atoms. The average molecular weight is 321 g/mol. The van der Waals surface area contributed by atoms with Crippen LogP contribution < -0.4 is 5.32 Å². The van der Waals surface area contributed by atoms with Crippen molar-refractivity contribution in [3.05, 3.63) is 18.0 Å². The summed E-state index contributed by atoms with van der Waals surface area (Å²) >= 11 is 0. The van der Waals surface area contributed by atoms with Crippen molar-refractivity contribution in [2.45, 2.75) is 32.9 Å². The van der Waals surface area contributed by atoms with Gasteiger partial charge in [-0.05, 0) is 32.5 Å². The molecule has 2 heterocycles. The van der Waals surface area contributed by atoms with E-state index >= 15 is 0 Å². The molecule has 1 fully saturated rings. The highest BCUT2D eigenvalue weighted by molar-refractivity contribution is 5.96. The summed E-state index contributed by atoms with van der Waals surface area (Å²) in [6.07, 6.45) is 2.48. The van der Waals surface area contributed by atoms with Crippen LogP contribution in [0.25, 0.3) is 0 Å². The molecule has 1 atom stereocenters. The highest BCUT2D eigenvalue weighted by Crippen LogP contribution is 2.17. The SMILES string of the molecule is CC(C)C[C@@H]1C(=O)NCCN1C(=O)c1ccn(CCN(C)C)n1. The first-order valence-corrected chi connectivity index (χ1v) is 8.15. The number of hydrogen-bond donors (Lipinski definition) is 1. The van der Waals surface area contributed by atoms with Crippen molar-refractivity contribution in [2.24, 2.45) is 5.92 Å². The molecule has 1 saturated heterocycles. The van der Waals surface area contributed by atoms with Gasteiger partial charge in [0, 0.05) is 25.8 Å². The van der Waals surface area contributed by atoms with Crippen LogP contribution >= 0.6 is 0 Å². The van der Waals surface area contributed by atoms with Gasteiger partial charge in [-0.25, -0.2) is 0 Å². The Morgan fingerprint density at radius 3 is 2.87 bits per heavy atom. The Bertz CT molecular complexity index is 552. The fourth-order valence-corrected chi connectivity index (χ4v) is 2.69. The van der Waals surface area contributed by atoms with Gasteiger partial charge in [0.05, 0.1) is 6.54 Å². The largest absolute Gasteiger partial charge is 0.353 e. The molecule has 7 nitrogen and oxygen atoms in total. The Balaban J connectivity index is 2.09. The van der Waals surface area contributed by atoms with Crippen LogP contribution in [-0.4, -0.2) is 71.2 Å². The first kappa shape index (κ1) is 17.5. The number of hydrogen-bond acceptors (Lipinski definition) is 4. The highest BCUT2D eigenvalue weighted by atomic mass is 16.2. The molecule has 2 rings (SSSR count). The summed E-state index contributed by atoms with van der Waals surface area (Å²) in [5, 5.41) is 7.21. The topological polar surface area (TPSA) is 70.5 Å². The Labute approximate surface area is 137 Å². The molecule has 0 aliphatic carbocycles. The number of carbonyl (C=O) groups is 2. The van der Waals surface area contributed by atoms with Gasteiger partial charge >= 0.3 is 0 Å². The maximum absolute atomic E-state index is 12.7. The first-order valence-electron chi connectivity index (χ1n) is 8.15. The van der Waals surface area contributed by atoms with E-state index in [2.05, 4.69) is 29.2 Å². The van der Waals surface area contributed by atoms with Crippen LogP contribution in [0, 0.1) is 5.92 Å². The molecule has 0 aromatic carbocycles.